The molecule has 9 heteroatoms. The molecule has 0 heterocycles. The first-order chi connectivity index (χ1) is 7.56. The SMILES string of the molecule is FC(F)(F)C(F)(CCSCCCCl)C(F)(F)F. The Bertz CT molecular complexity index is 211. The summed E-state index contributed by atoms with van der Waals surface area (Å²) in [5.41, 5.74) is -5.13. The molecule has 0 aromatic carbocycles. The first-order valence-electron chi connectivity index (χ1n) is 4.52. The van der Waals surface area contributed by atoms with Crippen molar-refractivity contribution in [1.29, 1.82) is 0 Å². The van der Waals surface area contributed by atoms with E-state index in [9.17, 15) is 30.7 Å². The van der Waals surface area contributed by atoms with Crippen molar-refractivity contribution in [3.63, 3.8) is 0 Å². The topological polar surface area (TPSA) is 0 Å². The Hall–Kier alpha value is 0.150. The van der Waals surface area contributed by atoms with Crippen molar-refractivity contribution in [2.75, 3.05) is 17.4 Å². The highest BCUT2D eigenvalue weighted by Gasteiger charge is 2.71. The zero-order chi connectivity index (χ0) is 13.7. The van der Waals surface area contributed by atoms with E-state index in [1.807, 2.05) is 0 Å². The lowest BCUT2D eigenvalue weighted by Gasteiger charge is -2.29. The minimum absolute atomic E-state index is 0.256. The molecule has 0 saturated heterocycles. The van der Waals surface area contributed by atoms with Crippen LogP contribution < -0.4 is 0 Å². The second kappa shape index (κ2) is 6.36. The van der Waals surface area contributed by atoms with E-state index in [1.54, 1.807) is 0 Å². The maximum absolute atomic E-state index is 13.0. The molecule has 0 saturated carbocycles. The van der Waals surface area contributed by atoms with E-state index in [0.717, 1.165) is 11.8 Å². The van der Waals surface area contributed by atoms with Crippen molar-refractivity contribution in [3.8, 4) is 0 Å². The molecule has 0 unspecified atom stereocenters. The molecule has 0 amide bonds. The van der Waals surface area contributed by atoms with Gasteiger partial charge in [-0.15, -0.1) is 11.6 Å². The van der Waals surface area contributed by atoms with Gasteiger partial charge in [0.05, 0.1) is 0 Å². The van der Waals surface area contributed by atoms with Crippen LogP contribution in [0.4, 0.5) is 30.7 Å². The minimum Gasteiger partial charge on any atom is -0.224 e. The maximum Gasteiger partial charge on any atom is 0.431 e. The summed E-state index contributed by atoms with van der Waals surface area (Å²) < 4.78 is 85.3. The normalized spacial score (nSPS) is 14.1. The third kappa shape index (κ3) is 4.73. The largest absolute Gasteiger partial charge is 0.431 e. The lowest BCUT2D eigenvalue weighted by Crippen LogP contribution is -2.53. The Kier molecular flexibility index (Phi) is 6.41. The summed E-state index contributed by atoms with van der Waals surface area (Å²) in [7, 11) is 0. The lowest BCUT2D eigenvalue weighted by atomic mass is 10.0. The smallest absolute Gasteiger partial charge is 0.224 e. The molecule has 0 aromatic rings. The van der Waals surface area contributed by atoms with E-state index in [0.29, 0.717) is 12.2 Å². The van der Waals surface area contributed by atoms with E-state index in [-0.39, 0.29) is 5.88 Å². The van der Waals surface area contributed by atoms with Crippen LogP contribution in [0.1, 0.15) is 12.8 Å². The molecule has 0 aliphatic rings. The van der Waals surface area contributed by atoms with Crippen LogP contribution in [0.15, 0.2) is 0 Å². The van der Waals surface area contributed by atoms with Gasteiger partial charge in [0.25, 0.3) is 5.67 Å². The van der Waals surface area contributed by atoms with E-state index in [2.05, 4.69) is 0 Å². The van der Waals surface area contributed by atoms with Crippen molar-refractivity contribution in [2.45, 2.75) is 30.9 Å². The van der Waals surface area contributed by atoms with Gasteiger partial charge in [0.2, 0.25) is 0 Å². The molecule has 0 N–H and O–H groups in total. The van der Waals surface area contributed by atoms with Crippen LogP contribution in [0.5, 0.6) is 0 Å². The lowest BCUT2D eigenvalue weighted by molar-refractivity contribution is -0.341. The molecule has 0 aliphatic carbocycles. The van der Waals surface area contributed by atoms with Crippen molar-refractivity contribution >= 4 is 23.4 Å². The van der Waals surface area contributed by atoms with E-state index in [4.69, 9.17) is 11.6 Å². The van der Waals surface area contributed by atoms with Crippen molar-refractivity contribution < 1.29 is 30.7 Å². The molecule has 0 radical (unpaired) electrons. The second-order valence-electron chi connectivity index (χ2n) is 3.20. The average Bonchev–Trinajstić information content (AvgIpc) is 2.13. The Labute approximate surface area is 103 Å². The standard InChI is InChI=1S/C8H10ClF7S/c9-3-1-4-17-5-2-6(10,7(11,12)13)8(14,15)16/h1-5H2. The molecular weight excluding hydrogens is 297 g/mol. The zero-order valence-electron chi connectivity index (χ0n) is 8.47. The van der Waals surface area contributed by atoms with Gasteiger partial charge in [-0.05, 0) is 17.9 Å². The number of hydrogen-bond donors (Lipinski definition) is 0. The van der Waals surface area contributed by atoms with E-state index in [1.165, 1.54) is 0 Å². The van der Waals surface area contributed by atoms with Gasteiger partial charge in [0.1, 0.15) is 0 Å². The summed E-state index contributed by atoms with van der Waals surface area (Å²) in [6.07, 6.45) is -13.1. The summed E-state index contributed by atoms with van der Waals surface area (Å²) in [5.74, 6) is -0.00594. The fraction of sp³-hybridized carbons (Fsp3) is 1.00. The van der Waals surface area contributed by atoms with Gasteiger partial charge in [-0.2, -0.15) is 38.1 Å². The van der Waals surface area contributed by atoms with Gasteiger partial charge >= 0.3 is 12.4 Å². The first-order valence-corrected chi connectivity index (χ1v) is 6.21. The highest BCUT2D eigenvalue weighted by Crippen LogP contribution is 2.48. The van der Waals surface area contributed by atoms with Crippen LogP contribution >= 0.6 is 23.4 Å². The van der Waals surface area contributed by atoms with Crippen LogP contribution in [0.2, 0.25) is 0 Å². The number of rotatable bonds is 6. The molecule has 0 fully saturated rings. The minimum atomic E-state index is -5.95. The molecule has 0 atom stereocenters. The van der Waals surface area contributed by atoms with Crippen LogP contribution in [0, 0.1) is 0 Å². The fourth-order valence-electron chi connectivity index (χ4n) is 0.916. The third-order valence-corrected chi connectivity index (χ3v) is 3.25. The Morgan fingerprint density at radius 3 is 1.65 bits per heavy atom. The Morgan fingerprint density at radius 1 is 0.824 bits per heavy atom. The van der Waals surface area contributed by atoms with Gasteiger partial charge in [-0.25, -0.2) is 4.39 Å². The summed E-state index contributed by atoms with van der Waals surface area (Å²) >= 11 is 6.08. The van der Waals surface area contributed by atoms with Gasteiger partial charge in [0.15, 0.2) is 0 Å². The number of hydrogen-bond acceptors (Lipinski definition) is 1. The van der Waals surface area contributed by atoms with Crippen molar-refractivity contribution in [2.24, 2.45) is 0 Å². The summed E-state index contributed by atoms with van der Waals surface area (Å²) in [6, 6.07) is 0. The van der Waals surface area contributed by atoms with E-state index >= 15 is 0 Å². The molecule has 0 bridgehead atoms. The van der Waals surface area contributed by atoms with E-state index < -0.39 is 30.2 Å². The Morgan fingerprint density at radius 2 is 1.29 bits per heavy atom. The molecule has 0 aliphatic heterocycles. The van der Waals surface area contributed by atoms with Gasteiger partial charge < -0.3 is 0 Å². The molecule has 0 aromatic heterocycles. The second-order valence-corrected chi connectivity index (χ2v) is 4.80. The van der Waals surface area contributed by atoms with Crippen LogP contribution in [0.25, 0.3) is 0 Å². The van der Waals surface area contributed by atoms with Gasteiger partial charge in [-0.1, -0.05) is 0 Å². The monoisotopic (exact) mass is 306 g/mol. The summed E-state index contributed by atoms with van der Waals surface area (Å²) in [5, 5.41) is 0. The number of alkyl halides is 8. The van der Waals surface area contributed by atoms with Crippen LogP contribution in [-0.4, -0.2) is 35.4 Å². The molecular formula is C8H10ClF7S. The Balaban J connectivity index is 4.44. The van der Waals surface area contributed by atoms with Crippen molar-refractivity contribution in [1.82, 2.24) is 0 Å². The predicted molar refractivity (Wildman–Crippen MR) is 53.2 cm³/mol. The third-order valence-electron chi connectivity index (χ3n) is 1.91. The molecule has 17 heavy (non-hydrogen) atoms. The van der Waals surface area contributed by atoms with Gasteiger partial charge in [0, 0.05) is 12.3 Å². The highest BCUT2D eigenvalue weighted by molar-refractivity contribution is 7.99. The zero-order valence-corrected chi connectivity index (χ0v) is 10.0. The number of halogens is 8. The molecule has 0 rings (SSSR count). The van der Waals surface area contributed by atoms with Crippen LogP contribution in [0.3, 0.4) is 0 Å². The fourth-order valence-corrected chi connectivity index (χ4v) is 2.19. The quantitative estimate of drug-likeness (QED) is 0.393. The van der Waals surface area contributed by atoms with Gasteiger partial charge in [-0.3, -0.25) is 0 Å². The molecule has 0 spiro atoms. The molecule has 104 valence electrons. The van der Waals surface area contributed by atoms with Crippen LogP contribution in [-0.2, 0) is 0 Å². The summed E-state index contributed by atoms with van der Waals surface area (Å²) in [6.45, 7) is 0. The number of thioether (sulfide) groups is 1. The molecule has 0 nitrogen and oxygen atoms in total. The summed E-state index contributed by atoms with van der Waals surface area (Å²) in [4.78, 5) is 0. The van der Waals surface area contributed by atoms with Crippen molar-refractivity contribution in [3.05, 3.63) is 0 Å². The predicted octanol–water partition coefficient (Wildman–Crippen LogP) is 4.57. The first kappa shape index (κ1) is 17.2. The highest BCUT2D eigenvalue weighted by atomic mass is 35.5. The average molecular weight is 307 g/mol. The maximum atomic E-state index is 13.0.